The van der Waals surface area contributed by atoms with Gasteiger partial charge in [-0.2, -0.15) is 0 Å². The first kappa shape index (κ1) is 12.5. The Labute approximate surface area is 109 Å². The summed E-state index contributed by atoms with van der Waals surface area (Å²) < 4.78 is 0. The van der Waals surface area contributed by atoms with Crippen molar-refractivity contribution in [1.29, 1.82) is 0 Å². The Morgan fingerprint density at radius 2 is 1.94 bits per heavy atom. The highest BCUT2D eigenvalue weighted by Crippen LogP contribution is 2.65. The SMILES string of the molecule is C[C@H](O)CNC(=O)C12CC3CC(CC(C)(C3)C1)C2. The maximum atomic E-state index is 12.5. The molecular weight excluding hydrogens is 226 g/mol. The van der Waals surface area contributed by atoms with Crippen molar-refractivity contribution in [3.8, 4) is 0 Å². The Morgan fingerprint density at radius 1 is 1.33 bits per heavy atom. The van der Waals surface area contributed by atoms with Crippen LogP contribution in [0.4, 0.5) is 0 Å². The second-order valence-electron chi connectivity index (χ2n) is 7.61. The minimum absolute atomic E-state index is 0.103. The maximum absolute atomic E-state index is 12.5. The summed E-state index contributed by atoms with van der Waals surface area (Å²) in [4.78, 5) is 12.5. The monoisotopic (exact) mass is 251 g/mol. The topological polar surface area (TPSA) is 49.3 Å². The molecule has 4 rings (SSSR count). The molecule has 102 valence electrons. The fourth-order valence-electron chi connectivity index (χ4n) is 5.41. The van der Waals surface area contributed by atoms with Gasteiger partial charge < -0.3 is 10.4 Å². The third-order valence-electron chi connectivity index (χ3n) is 5.39. The maximum Gasteiger partial charge on any atom is 0.226 e. The van der Waals surface area contributed by atoms with E-state index in [2.05, 4.69) is 12.2 Å². The molecular formula is C15H25NO2. The van der Waals surface area contributed by atoms with Gasteiger partial charge in [0.25, 0.3) is 0 Å². The van der Waals surface area contributed by atoms with Crippen LogP contribution in [0.3, 0.4) is 0 Å². The Hall–Kier alpha value is -0.570. The first-order valence-electron chi connectivity index (χ1n) is 7.37. The molecule has 0 saturated heterocycles. The van der Waals surface area contributed by atoms with Gasteiger partial charge in [-0.25, -0.2) is 0 Å². The van der Waals surface area contributed by atoms with Crippen LogP contribution in [0, 0.1) is 22.7 Å². The molecule has 4 fully saturated rings. The Balaban J connectivity index is 1.76. The van der Waals surface area contributed by atoms with Crippen molar-refractivity contribution < 1.29 is 9.90 Å². The number of rotatable bonds is 3. The molecule has 4 saturated carbocycles. The molecule has 2 unspecified atom stereocenters. The normalized spacial score (nSPS) is 47.1. The second-order valence-corrected chi connectivity index (χ2v) is 7.61. The molecule has 1 amide bonds. The molecule has 3 heteroatoms. The summed E-state index contributed by atoms with van der Waals surface area (Å²) in [6, 6.07) is 0. The van der Waals surface area contributed by atoms with Crippen LogP contribution in [0.5, 0.6) is 0 Å². The van der Waals surface area contributed by atoms with Crippen molar-refractivity contribution in [3.63, 3.8) is 0 Å². The number of hydrogen-bond acceptors (Lipinski definition) is 2. The molecule has 2 N–H and O–H groups in total. The van der Waals surface area contributed by atoms with Crippen molar-refractivity contribution in [2.75, 3.05) is 6.54 Å². The van der Waals surface area contributed by atoms with E-state index in [1.807, 2.05) is 0 Å². The van der Waals surface area contributed by atoms with E-state index in [0.717, 1.165) is 31.1 Å². The number of amides is 1. The van der Waals surface area contributed by atoms with Crippen LogP contribution >= 0.6 is 0 Å². The molecule has 0 aromatic rings. The van der Waals surface area contributed by atoms with Gasteiger partial charge in [-0.3, -0.25) is 4.79 Å². The van der Waals surface area contributed by atoms with E-state index in [-0.39, 0.29) is 11.3 Å². The zero-order valence-corrected chi connectivity index (χ0v) is 11.5. The van der Waals surface area contributed by atoms with E-state index >= 15 is 0 Å². The van der Waals surface area contributed by atoms with Gasteiger partial charge in [-0.05, 0) is 62.7 Å². The fraction of sp³-hybridized carbons (Fsp3) is 0.933. The highest BCUT2D eigenvalue weighted by Gasteiger charge is 2.58. The summed E-state index contributed by atoms with van der Waals surface area (Å²) in [5.74, 6) is 1.76. The van der Waals surface area contributed by atoms with Gasteiger partial charge in [0.15, 0.2) is 0 Å². The van der Waals surface area contributed by atoms with Gasteiger partial charge in [0.05, 0.1) is 11.5 Å². The van der Waals surface area contributed by atoms with E-state index in [1.54, 1.807) is 6.92 Å². The largest absolute Gasteiger partial charge is 0.392 e. The molecule has 0 heterocycles. The summed E-state index contributed by atoms with van der Waals surface area (Å²) in [6.45, 7) is 4.50. The minimum atomic E-state index is -0.446. The molecule has 4 aliphatic rings. The zero-order valence-electron chi connectivity index (χ0n) is 11.5. The molecule has 4 aliphatic carbocycles. The van der Waals surface area contributed by atoms with Crippen LogP contribution in [0.1, 0.15) is 52.4 Å². The third-order valence-corrected chi connectivity index (χ3v) is 5.39. The molecule has 0 radical (unpaired) electrons. The van der Waals surface area contributed by atoms with Crippen LogP contribution in [0.15, 0.2) is 0 Å². The van der Waals surface area contributed by atoms with Crippen LogP contribution < -0.4 is 5.32 Å². The highest BCUT2D eigenvalue weighted by molar-refractivity contribution is 5.83. The first-order valence-corrected chi connectivity index (χ1v) is 7.37. The van der Waals surface area contributed by atoms with Gasteiger partial charge in [0.2, 0.25) is 5.91 Å². The number of aliphatic hydroxyl groups excluding tert-OH is 1. The van der Waals surface area contributed by atoms with Crippen molar-refractivity contribution in [1.82, 2.24) is 5.32 Å². The summed E-state index contributed by atoms with van der Waals surface area (Å²) in [5.41, 5.74) is 0.306. The number of aliphatic hydroxyl groups is 1. The third kappa shape index (κ3) is 1.97. The molecule has 18 heavy (non-hydrogen) atoms. The number of carbonyl (C=O) groups is 1. The molecule has 0 aliphatic heterocycles. The van der Waals surface area contributed by atoms with Gasteiger partial charge in [0, 0.05) is 6.54 Å². The minimum Gasteiger partial charge on any atom is -0.392 e. The lowest BCUT2D eigenvalue weighted by Gasteiger charge is -2.60. The van der Waals surface area contributed by atoms with Gasteiger partial charge in [0.1, 0.15) is 0 Å². The quantitative estimate of drug-likeness (QED) is 0.807. The molecule has 0 spiro atoms. The van der Waals surface area contributed by atoms with Crippen LogP contribution in [0.2, 0.25) is 0 Å². The lowest BCUT2D eigenvalue weighted by Crippen LogP contribution is -2.57. The predicted molar refractivity (Wildman–Crippen MR) is 69.9 cm³/mol. The molecule has 0 aromatic heterocycles. The Bertz CT molecular complexity index is 350. The summed E-state index contributed by atoms with van der Waals surface area (Å²) in [5, 5.41) is 12.3. The highest BCUT2D eigenvalue weighted by atomic mass is 16.3. The summed E-state index contributed by atoms with van der Waals surface area (Å²) >= 11 is 0. The number of hydrogen-bond donors (Lipinski definition) is 2. The summed E-state index contributed by atoms with van der Waals surface area (Å²) in [7, 11) is 0. The van der Waals surface area contributed by atoms with Crippen molar-refractivity contribution in [3.05, 3.63) is 0 Å². The van der Waals surface area contributed by atoms with Crippen LogP contribution in [-0.4, -0.2) is 23.7 Å². The van der Waals surface area contributed by atoms with Crippen LogP contribution in [-0.2, 0) is 4.79 Å². The van der Waals surface area contributed by atoms with E-state index in [4.69, 9.17) is 0 Å². The zero-order chi connectivity index (χ0) is 13.0. The first-order chi connectivity index (χ1) is 8.41. The molecule has 4 bridgehead atoms. The average Bonchev–Trinajstić information content (AvgIpc) is 2.22. The second kappa shape index (κ2) is 3.96. The lowest BCUT2D eigenvalue weighted by atomic mass is 9.44. The summed E-state index contributed by atoms with van der Waals surface area (Å²) in [6.07, 6.45) is 6.80. The smallest absolute Gasteiger partial charge is 0.226 e. The van der Waals surface area contributed by atoms with Crippen molar-refractivity contribution in [2.45, 2.75) is 58.5 Å². The number of carbonyl (C=O) groups excluding carboxylic acids is 1. The Morgan fingerprint density at radius 3 is 2.44 bits per heavy atom. The van der Waals surface area contributed by atoms with Crippen LogP contribution in [0.25, 0.3) is 0 Å². The Kier molecular flexibility index (Phi) is 2.74. The standard InChI is InChI=1S/C15H25NO2/c1-10(17)8-16-13(18)15-6-11-3-12(7-15)5-14(2,4-11)9-15/h10-12,17H,3-9H2,1-2H3,(H,16,18)/t10-,11?,12?,14?,15?/m0/s1. The lowest BCUT2D eigenvalue weighted by molar-refractivity contribution is -0.155. The van der Waals surface area contributed by atoms with Gasteiger partial charge in [-0.15, -0.1) is 0 Å². The van der Waals surface area contributed by atoms with E-state index in [1.165, 1.54) is 19.3 Å². The molecule has 3 nitrogen and oxygen atoms in total. The predicted octanol–water partition coefficient (Wildman–Crippen LogP) is 2.09. The van der Waals surface area contributed by atoms with Gasteiger partial charge >= 0.3 is 0 Å². The molecule has 3 atom stereocenters. The fourth-order valence-corrected chi connectivity index (χ4v) is 5.41. The molecule has 0 aromatic carbocycles. The van der Waals surface area contributed by atoms with E-state index in [0.29, 0.717) is 12.0 Å². The van der Waals surface area contributed by atoms with Crippen molar-refractivity contribution >= 4 is 5.91 Å². The average molecular weight is 251 g/mol. The van der Waals surface area contributed by atoms with E-state index < -0.39 is 6.10 Å². The van der Waals surface area contributed by atoms with E-state index in [9.17, 15) is 9.90 Å². The number of nitrogens with one attached hydrogen (secondary N) is 1. The van der Waals surface area contributed by atoms with Crippen molar-refractivity contribution in [2.24, 2.45) is 22.7 Å². The van der Waals surface area contributed by atoms with Gasteiger partial charge in [-0.1, -0.05) is 6.92 Å².